The molecule has 0 aliphatic carbocycles. The Balaban J connectivity index is 2.45. The third-order valence-corrected chi connectivity index (χ3v) is 5.65. The summed E-state index contributed by atoms with van der Waals surface area (Å²) in [5.74, 6) is -6.80. The highest BCUT2D eigenvalue weighted by molar-refractivity contribution is 6.32. The van der Waals surface area contributed by atoms with Crippen molar-refractivity contribution in [3.63, 3.8) is 0 Å². The van der Waals surface area contributed by atoms with E-state index in [1.165, 1.54) is 0 Å². The molecule has 3 aromatic carbocycles. The fraction of sp³-hybridized carbons (Fsp3) is 0.208. The Kier molecular flexibility index (Phi) is 6.38. The van der Waals surface area contributed by atoms with Crippen LogP contribution in [0.2, 0.25) is 5.04 Å². The van der Waals surface area contributed by atoms with Crippen molar-refractivity contribution in [1.82, 2.24) is 0 Å². The maximum absolute atomic E-state index is 15.3. The van der Waals surface area contributed by atoms with Gasteiger partial charge in [0.15, 0.2) is 17.5 Å². The molecule has 0 saturated heterocycles. The second-order valence-corrected chi connectivity index (χ2v) is 9.99. The lowest BCUT2D eigenvalue weighted by Crippen LogP contribution is -2.37. The molecule has 0 bridgehead atoms. The molecule has 0 heterocycles. The number of rotatable bonds is 6. The van der Waals surface area contributed by atoms with Crippen LogP contribution in [-0.2, 0) is 10.0 Å². The van der Waals surface area contributed by atoms with Crippen LogP contribution in [0.1, 0.15) is 47.8 Å². The normalized spacial score (nSPS) is 12.1. The Morgan fingerprint density at radius 1 is 0.839 bits per heavy atom. The smallest absolute Gasteiger partial charge is 0.338 e. The van der Waals surface area contributed by atoms with E-state index < -0.39 is 40.1 Å². The van der Waals surface area contributed by atoms with Crippen LogP contribution in [0.25, 0.3) is 0 Å². The first-order chi connectivity index (χ1) is 14.6. The summed E-state index contributed by atoms with van der Waals surface area (Å²) in [6, 6.07) is 17.9. The minimum Gasteiger partial charge on any atom is -0.478 e. The second-order valence-electron chi connectivity index (χ2n) is 8.09. The standard InChI is InChI=1S/C24H21F3O3Si/c1-23(2,3)31-30-24(15-10-6-4-7-11-15,16-12-8-5-9-13-16)18-14-17(22(28)29)19(25)21(27)20(18)26/h4-14H,1-3H3,(H,28,29). The molecule has 0 aliphatic heterocycles. The van der Waals surface area contributed by atoms with Gasteiger partial charge in [-0.1, -0.05) is 81.4 Å². The van der Waals surface area contributed by atoms with Gasteiger partial charge in [-0.05, 0) is 22.2 Å². The molecule has 0 fully saturated rings. The molecule has 7 heteroatoms. The van der Waals surface area contributed by atoms with Crippen molar-refractivity contribution in [2.24, 2.45) is 0 Å². The molecule has 3 nitrogen and oxygen atoms in total. The van der Waals surface area contributed by atoms with E-state index in [-0.39, 0.29) is 14.8 Å². The number of benzene rings is 3. The van der Waals surface area contributed by atoms with Crippen LogP contribution in [0.5, 0.6) is 0 Å². The zero-order chi connectivity index (χ0) is 22.8. The molecule has 0 saturated carbocycles. The number of carboxylic acids is 1. The van der Waals surface area contributed by atoms with Crippen LogP contribution in [-0.4, -0.2) is 20.8 Å². The van der Waals surface area contributed by atoms with E-state index in [1.54, 1.807) is 60.7 Å². The lowest BCUT2D eigenvalue weighted by atomic mass is 9.79. The maximum Gasteiger partial charge on any atom is 0.338 e. The van der Waals surface area contributed by atoms with E-state index in [0.29, 0.717) is 11.1 Å². The average molecular weight is 443 g/mol. The van der Waals surface area contributed by atoms with Crippen LogP contribution >= 0.6 is 0 Å². The van der Waals surface area contributed by atoms with Crippen LogP contribution < -0.4 is 0 Å². The summed E-state index contributed by atoms with van der Waals surface area (Å²) < 4.78 is 50.5. The van der Waals surface area contributed by atoms with Gasteiger partial charge < -0.3 is 9.53 Å². The highest BCUT2D eigenvalue weighted by Gasteiger charge is 2.43. The van der Waals surface area contributed by atoms with Crippen molar-refractivity contribution < 1.29 is 27.5 Å². The van der Waals surface area contributed by atoms with Gasteiger partial charge in [-0.3, -0.25) is 0 Å². The molecule has 0 aliphatic rings. The van der Waals surface area contributed by atoms with Gasteiger partial charge >= 0.3 is 5.97 Å². The van der Waals surface area contributed by atoms with Crippen LogP contribution in [0.3, 0.4) is 0 Å². The van der Waals surface area contributed by atoms with E-state index >= 15 is 4.39 Å². The van der Waals surface area contributed by atoms with E-state index in [0.717, 1.165) is 6.07 Å². The van der Waals surface area contributed by atoms with Gasteiger partial charge in [0.1, 0.15) is 5.60 Å². The molecule has 2 radical (unpaired) electrons. The Morgan fingerprint density at radius 2 is 1.32 bits per heavy atom. The van der Waals surface area contributed by atoms with Crippen molar-refractivity contribution in [2.45, 2.75) is 31.4 Å². The van der Waals surface area contributed by atoms with Crippen molar-refractivity contribution in [3.8, 4) is 0 Å². The Hall–Kier alpha value is -2.90. The summed E-state index contributed by atoms with van der Waals surface area (Å²) in [7, 11) is -0.179. The zero-order valence-corrected chi connectivity index (χ0v) is 18.2. The Labute approximate surface area is 181 Å². The summed E-state index contributed by atoms with van der Waals surface area (Å²) in [5, 5.41) is 9.07. The fourth-order valence-corrected chi connectivity index (χ4v) is 4.05. The van der Waals surface area contributed by atoms with Crippen LogP contribution in [0, 0.1) is 17.5 Å². The minimum atomic E-state index is -1.85. The molecular formula is C24H21F3O3Si. The molecule has 3 aromatic rings. The van der Waals surface area contributed by atoms with Crippen molar-refractivity contribution in [3.05, 3.63) is 106 Å². The first-order valence-corrected chi connectivity index (χ1v) is 10.5. The number of hydrogen-bond acceptors (Lipinski definition) is 2. The maximum atomic E-state index is 15.3. The van der Waals surface area contributed by atoms with Gasteiger partial charge in [0.05, 0.1) is 5.56 Å². The molecule has 3 rings (SSSR count). The molecule has 0 unspecified atom stereocenters. The van der Waals surface area contributed by atoms with E-state index in [4.69, 9.17) is 4.43 Å². The van der Waals surface area contributed by atoms with Crippen LogP contribution in [0.15, 0.2) is 66.7 Å². The highest BCUT2D eigenvalue weighted by atomic mass is 28.2. The van der Waals surface area contributed by atoms with Gasteiger partial charge in [0, 0.05) is 5.56 Å². The first-order valence-electron chi connectivity index (χ1n) is 9.55. The van der Waals surface area contributed by atoms with Gasteiger partial charge in [-0.25, -0.2) is 18.0 Å². The molecule has 1 N–H and O–H groups in total. The van der Waals surface area contributed by atoms with Gasteiger partial charge in [-0.15, -0.1) is 0 Å². The second kappa shape index (κ2) is 8.68. The molecule has 0 amide bonds. The topological polar surface area (TPSA) is 46.5 Å². The highest BCUT2D eigenvalue weighted by Crippen LogP contribution is 2.44. The van der Waals surface area contributed by atoms with Crippen molar-refractivity contribution in [1.29, 1.82) is 0 Å². The summed E-state index contributed by atoms with van der Waals surface area (Å²) in [6.45, 7) is 5.78. The predicted molar refractivity (Wildman–Crippen MR) is 113 cm³/mol. The van der Waals surface area contributed by atoms with E-state index in [9.17, 15) is 18.7 Å². The van der Waals surface area contributed by atoms with Crippen LogP contribution in [0.4, 0.5) is 13.2 Å². The summed E-state index contributed by atoms with van der Waals surface area (Å²) in [6.07, 6.45) is 0. The van der Waals surface area contributed by atoms with Crippen molar-refractivity contribution in [2.75, 3.05) is 0 Å². The summed E-state index contributed by atoms with van der Waals surface area (Å²) in [5.41, 5.74) is -2.15. The molecular weight excluding hydrogens is 421 g/mol. The number of aromatic carboxylic acids is 1. The minimum absolute atomic E-state index is 0.179. The number of hydrogen-bond donors (Lipinski definition) is 1. The Bertz CT molecular complexity index is 1040. The quantitative estimate of drug-likeness (QED) is 0.292. The van der Waals surface area contributed by atoms with Gasteiger partial charge in [0.25, 0.3) is 0 Å². The molecule has 0 spiro atoms. The number of carbonyl (C=O) groups is 1. The first kappa shape index (κ1) is 22.8. The van der Waals surface area contributed by atoms with E-state index in [1.807, 2.05) is 20.8 Å². The summed E-state index contributed by atoms with van der Waals surface area (Å²) in [4.78, 5) is 11.6. The third-order valence-electron chi connectivity index (χ3n) is 4.63. The number of halogens is 3. The van der Waals surface area contributed by atoms with Gasteiger partial charge in [0.2, 0.25) is 9.76 Å². The molecule has 160 valence electrons. The fourth-order valence-electron chi connectivity index (χ4n) is 3.24. The zero-order valence-electron chi connectivity index (χ0n) is 17.2. The van der Waals surface area contributed by atoms with Crippen molar-refractivity contribution >= 4 is 15.7 Å². The average Bonchev–Trinajstić information content (AvgIpc) is 2.74. The lowest BCUT2D eigenvalue weighted by molar-refractivity contribution is 0.0689. The lowest BCUT2D eigenvalue weighted by Gasteiger charge is -2.38. The number of carboxylic acid groups (broad SMARTS) is 1. The third kappa shape index (κ3) is 4.43. The predicted octanol–water partition coefficient (Wildman–Crippen LogP) is 5.95. The molecule has 0 atom stereocenters. The van der Waals surface area contributed by atoms with Gasteiger partial charge in [-0.2, -0.15) is 0 Å². The molecule has 31 heavy (non-hydrogen) atoms. The monoisotopic (exact) mass is 442 g/mol. The molecule has 0 aromatic heterocycles. The largest absolute Gasteiger partial charge is 0.478 e. The SMILES string of the molecule is CC(C)(C)[Si]OC(c1ccccc1)(c1ccccc1)c1cc(C(=O)O)c(F)c(F)c1F. The summed E-state index contributed by atoms with van der Waals surface area (Å²) >= 11 is 0. The Morgan fingerprint density at radius 3 is 1.74 bits per heavy atom. The van der Waals surface area contributed by atoms with E-state index in [2.05, 4.69) is 0 Å².